The van der Waals surface area contributed by atoms with Gasteiger partial charge in [-0.25, -0.2) is 0 Å². The van der Waals surface area contributed by atoms with Crippen LogP contribution in [-0.4, -0.2) is 29.3 Å². The number of thiophene rings is 1. The van der Waals surface area contributed by atoms with Crippen molar-refractivity contribution in [1.29, 1.82) is 0 Å². The smallest absolute Gasteiger partial charge is 0.264 e. The number of nitrogens with one attached hydrogen (secondary N) is 1. The largest absolute Gasteiger partial charge is 0.459 e. The van der Waals surface area contributed by atoms with E-state index in [1.807, 2.05) is 47.8 Å². The number of benzene rings is 1. The first-order chi connectivity index (χ1) is 14.1. The fourth-order valence-electron chi connectivity index (χ4n) is 3.52. The van der Waals surface area contributed by atoms with E-state index in [2.05, 4.69) is 5.32 Å². The van der Waals surface area contributed by atoms with Crippen LogP contribution in [0.2, 0.25) is 5.02 Å². The highest BCUT2D eigenvalue weighted by Gasteiger charge is 2.32. The standard InChI is InChI=1S/C22H21ClN2O3S/c23-16-8-6-15(7-9-16)19-11-10-17(28-19)14-24-21(26)18-4-1-2-12-25(18)22(27)20-5-3-13-29-20/h3,5-11,13,18H,1-2,4,12,14H2,(H,24,26)/t18-/m0/s1. The molecule has 5 nitrogen and oxygen atoms in total. The number of rotatable bonds is 5. The van der Waals surface area contributed by atoms with E-state index in [1.54, 1.807) is 11.0 Å². The average molecular weight is 429 g/mol. The Hall–Kier alpha value is -2.57. The van der Waals surface area contributed by atoms with Gasteiger partial charge in [0.15, 0.2) is 0 Å². The number of amides is 2. The summed E-state index contributed by atoms with van der Waals surface area (Å²) in [5.41, 5.74) is 0.923. The van der Waals surface area contributed by atoms with E-state index in [9.17, 15) is 9.59 Å². The number of furan rings is 1. The average Bonchev–Trinajstić information content (AvgIpc) is 3.44. The third kappa shape index (κ3) is 4.54. The van der Waals surface area contributed by atoms with Gasteiger partial charge in [0.2, 0.25) is 5.91 Å². The summed E-state index contributed by atoms with van der Waals surface area (Å²) in [4.78, 5) is 27.9. The van der Waals surface area contributed by atoms with Crippen molar-refractivity contribution in [3.8, 4) is 11.3 Å². The first-order valence-electron chi connectivity index (χ1n) is 9.58. The second kappa shape index (κ2) is 8.84. The third-order valence-corrected chi connectivity index (χ3v) is 6.14. The predicted octanol–water partition coefficient (Wildman–Crippen LogP) is 4.97. The zero-order valence-electron chi connectivity index (χ0n) is 15.8. The zero-order chi connectivity index (χ0) is 20.2. The van der Waals surface area contributed by atoms with Crippen LogP contribution in [0, 0.1) is 0 Å². The normalized spacial score (nSPS) is 16.6. The second-order valence-electron chi connectivity index (χ2n) is 6.98. The van der Waals surface area contributed by atoms with Crippen molar-refractivity contribution in [1.82, 2.24) is 10.2 Å². The first kappa shape index (κ1) is 19.7. The van der Waals surface area contributed by atoms with Crippen molar-refractivity contribution in [3.05, 3.63) is 69.6 Å². The molecule has 1 fully saturated rings. The predicted molar refractivity (Wildman–Crippen MR) is 114 cm³/mol. The fourth-order valence-corrected chi connectivity index (χ4v) is 4.33. The van der Waals surface area contributed by atoms with E-state index in [-0.39, 0.29) is 18.4 Å². The van der Waals surface area contributed by atoms with Crippen molar-refractivity contribution in [2.24, 2.45) is 0 Å². The van der Waals surface area contributed by atoms with E-state index in [4.69, 9.17) is 16.0 Å². The fraction of sp³-hybridized carbons (Fsp3) is 0.273. The van der Waals surface area contributed by atoms with Gasteiger partial charge < -0.3 is 14.6 Å². The van der Waals surface area contributed by atoms with Crippen molar-refractivity contribution in [2.75, 3.05) is 6.54 Å². The highest BCUT2D eigenvalue weighted by atomic mass is 35.5. The van der Waals surface area contributed by atoms with Crippen molar-refractivity contribution >= 4 is 34.8 Å². The molecule has 0 radical (unpaired) electrons. The molecular weight excluding hydrogens is 408 g/mol. The molecular formula is C22H21ClN2O3S. The Bertz CT molecular complexity index is 982. The lowest BCUT2D eigenvalue weighted by molar-refractivity contribution is -0.126. The van der Waals surface area contributed by atoms with Gasteiger partial charge in [-0.15, -0.1) is 11.3 Å². The van der Waals surface area contributed by atoms with E-state index >= 15 is 0 Å². The molecule has 150 valence electrons. The molecule has 1 N–H and O–H groups in total. The minimum absolute atomic E-state index is 0.0668. The molecule has 1 aromatic carbocycles. The Kier molecular flexibility index (Phi) is 6.02. The van der Waals surface area contributed by atoms with E-state index < -0.39 is 6.04 Å². The summed E-state index contributed by atoms with van der Waals surface area (Å²) in [6, 6.07) is 14.3. The highest BCUT2D eigenvalue weighted by Crippen LogP contribution is 2.25. The van der Waals surface area contributed by atoms with Gasteiger partial charge in [0.25, 0.3) is 5.91 Å². The molecule has 3 heterocycles. The highest BCUT2D eigenvalue weighted by molar-refractivity contribution is 7.12. The van der Waals surface area contributed by atoms with Crippen molar-refractivity contribution in [3.63, 3.8) is 0 Å². The van der Waals surface area contributed by atoms with Crippen LogP contribution < -0.4 is 5.32 Å². The van der Waals surface area contributed by atoms with Gasteiger partial charge in [-0.1, -0.05) is 17.7 Å². The Morgan fingerprint density at radius 3 is 2.72 bits per heavy atom. The van der Waals surface area contributed by atoms with Crippen molar-refractivity contribution in [2.45, 2.75) is 31.8 Å². The quantitative estimate of drug-likeness (QED) is 0.623. The third-order valence-electron chi connectivity index (χ3n) is 5.03. The van der Waals surface area contributed by atoms with Crippen LogP contribution in [0.5, 0.6) is 0 Å². The van der Waals surface area contributed by atoms with Crippen LogP contribution in [0.15, 0.2) is 58.3 Å². The number of piperidine rings is 1. The SMILES string of the molecule is O=C(NCc1ccc(-c2ccc(Cl)cc2)o1)[C@@H]1CCCCN1C(=O)c1cccs1. The van der Waals surface area contributed by atoms with Crippen LogP contribution in [0.4, 0.5) is 0 Å². The Morgan fingerprint density at radius 1 is 1.14 bits per heavy atom. The van der Waals surface area contributed by atoms with Crippen LogP contribution in [0.1, 0.15) is 34.7 Å². The summed E-state index contributed by atoms with van der Waals surface area (Å²) in [6.07, 6.45) is 2.54. The summed E-state index contributed by atoms with van der Waals surface area (Å²) in [7, 11) is 0. The Balaban J connectivity index is 1.39. The maximum Gasteiger partial charge on any atom is 0.264 e. The van der Waals surface area contributed by atoms with E-state index in [1.165, 1.54) is 11.3 Å². The maximum atomic E-state index is 12.8. The first-order valence-corrected chi connectivity index (χ1v) is 10.8. The lowest BCUT2D eigenvalue weighted by Gasteiger charge is -2.34. The van der Waals surface area contributed by atoms with Gasteiger partial charge in [0.05, 0.1) is 11.4 Å². The zero-order valence-corrected chi connectivity index (χ0v) is 17.3. The number of nitrogens with zero attached hydrogens (tertiary/aromatic N) is 1. The topological polar surface area (TPSA) is 62.6 Å². The molecule has 0 spiro atoms. The number of hydrogen-bond acceptors (Lipinski definition) is 4. The summed E-state index contributed by atoms with van der Waals surface area (Å²) in [6.45, 7) is 0.889. The van der Waals surface area contributed by atoms with Gasteiger partial charge in [-0.3, -0.25) is 9.59 Å². The Morgan fingerprint density at radius 2 is 1.97 bits per heavy atom. The summed E-state index contributed by atoms with van der Waals surface area (Å²) in [5, 5.41) is 5.47. The number of carbonyl (C=O) groups excluding carboxylic acids is 2. The van der Waals surface area contributed by atoms with E-state index in [0.717, 1.165) is 24.2 Å². The lowest BCUT2D eigenvalue weighted by Crippen LogP contribution is -2.51. The second-order valence-corrected chi connectivity index (χ2v) is 8.36. The number of hydrogen-bond donors (Lipinski definition) is 1. The van der Waals surface area contributed by atoms with Crippen LogP contribution in [-0.2, 0) is 11.3 Å². The molecule has 1 aliphatic rings. The number of halogens is 1. The monoisotopic (exact) mass is 428 g/mol. The molecule has 0 aliphatic carbocycles. The van der Waals surface area contributed by atoms with Crippen molar-refractivity contribution < 1.29 is 14.0 Å². The molecule has 7 heteroatoms. The molecule has 1 aliphatic heterocycles. The van der Waals surface area contributed by atoms with Crippen LogP contribution in [0.25, 0.3) is 11.3 Å². The molecule has 2 amide bonds. The van der Waals surface area contributed by atoms with Gasteiger partial charge in [-0.05, 0) is 67.1 Å². The van der Waals surface area contributed by atoms with Gasteiger partial charge >= 0.3 is 0 Å². The minimum atomic E-state index is -0.441. The summed E-state index contributed by atoms with van der Waals surface area (Å²) < 4.78 is 5.84. The summed E-state index contributed by atoms with van der Waals surface area (Å²) in [5.74, 6) is 1.18. The molecule has 0 bridgehead atoms. The molecule has 3 aromatic rings. The molecule has 1 atom stereocenters. The Labute approximate surface area is 178 Å². The molecule has 0 unspecified atom stereocenters. The summed E-state index contributed by atoms with van der Waals surface area (Å²) >= 11 is 7.33. The van der Waals surface area contributed by atoms with Crippen LogP contribution in [0.3, 0.4) is 0 Å². The molecule has 29 heavy (non-hydrogen) atoms. The van der Waals surface area contributed by atoms with Crippen LogP contribution >= 0.6 is 22.9 Å². The molecule has 0 saturated carbocycles. The number of likely N-dealkylation sites (tertiary alicyclic amines) is 1. The molecule has 2 aromatic heterocycles. The molecule has 4 rings (SSSR count). The number of carbonyl (C=O) groups is 2. The molecule has 1 saturated heterocycles. The minimum Gasteiger partial charge on any atom is -0.459 e. The van der Waals surface area contributed by atoms with Gasteiger partial charge in [0, 0.05) is 17.1 Å². The lowest BCUT2D eigenvalue weighted by atomic mass is 10.0. The van der Waals surface area contributed by atoms with E-state index in [0.29, 0.717) is 28.6 Å². The van der Waals surface area contributed by atoms with Gasteiger partial charge in [0.1, 0.15) is 17.6 Å². The van der Waals surface area contributed by atoms with Gasteiger partial charge in [-0.2, -0.15) is 0 Å². The maximum absolute atomic E-state index is 12.8.